The Hall–Kier alpha value is -3.40. The first-order valence-corrected chi connectivity index (χ1v) is 7.30. The fourth-order valence-corrected chi connectivity index (χ4v) is 2.16. The molecule has 2 N–H and O–H groups in total. The summed E-state index contributed by atoms with van der Waals surface area (Å²) in [6, 6.07) is 9.47. The van der Waals surface area contributed by atoms with E-state index in [9.17, 15) is 25.0 Å². The number of nitro groups is 2. The minimum Gasteiger partial charge on any atom is -0.327 e. The molecule has 0 aromatic heterocycles. The minimum atomic E-state index is -0.595. The van der Waals surface area contributed by atoms with Gasteiger partial charge in [-0.3, -0.25) is 30.3 Å². The summed E-state index contributed by atoms with van der Waals surface area (Å²) in [5.41, 5.74) is 0.690. The van der Waals surface area contributed by atoms with Crippen molar-refractivity contribution in [2.75, 3.05) is 5.32 Å². The normalized spacial score (nSPS) is 9.96. The number of hydrogen-bond donors (Lipinski definition) is 2. The number of nitro benzene ring substituents is 2. The molecule has 0 aliphatic rings. The van der Waals surface area contributed by atoms with Gasteiger partial charge in [0, 0.05) is 23.8 Å². The van der Waals surface area contributed by atoms with E-state index in [-0.39, 0.29) is 27.7 Å². The average molecular weight is 360 g/mol. The van der Waals surface area contributed by atoms with Gasteiger partial charge in [0.15, 0.2) is 5.11 Å². The summed E-state index contributed by atoms with van der Waals surface area (Å²) in [5, 5.41) is 26.5. The first-order chi connectivity index (χ1) is 11.8. The first kappa shape index (κ1) is 17.9. The fraction of sp³-hybridized carbons (Fsp3) is 0.0667. The Kier molecular flexibility index (Phi) is 5.35. The Morgan fingerprint density at radius 3 is 2.24 bits per heavy atom. The topological polar surface area (TPSA) is 127 Å². The molecule has 25 heavy (non-hydrogen) atoms. The molecule has 2 rings (SSSR count). The molecule has 10 heteroatoms. The van der Waals surface area contributed by atoms with Crippen molar-refractivity contribution in [2.45, 2.75) is 6.92 Å². The summed E-state index contributed by atoms with van der Waals surface area (Å²) in [6.07, 6.45) is 0. The van der Waals surface area contributed by atoms with Crippen LogP contribution in [0.4, 0.5) is 17.1 Å². The van der Waals surface area contributed by atoms with Crippen LogP contribution in [0.5, 0.6) is 0 Å². The van der Waals surface area contributed by atoms with E-state index < -0.39 is 15.8 Å². The molecule has 0 unspecified atom stereocenters. The van der Waals surface area contributed by atoms with Gasteiger partial charge in [0.1, 0.15) is 5.69 Å². The average Bonchev–Trinajstić information content (AvgIpc) is 2.56. The highest BCUT2D eigenvalue weighted by Crippen LogP contribution is 2.25. The molecule has 9 nitrogen and oxygen atoms in total. The molecule has 0 fully saturated rings. The zero-order valence-corrected chi connectivity index (χ0v) is 13.7. The van der Waals surface area contributed by atoms with Crippen molar-refractivity contribution >= 4 is 40.3 Å². The maximum absolute atomic E-state index is 12.1. The van der Waals surface area contributed by atoms with Crippen LogP contribution in [0.1, 0.15) is 15.9 Å². The predicted molar refractivity (Wildman–Crippen MR) is 94.6 cm³/mol. The van der Waals surface area contributed by atoms with Gasteiger partial charge in [0.05, 0.1) is 9.85 Å². The van der Waals surface area contributed by atoms with Crippen molar-refractivity contribution < 1.29 is 14.6 Å². The van der Waals surface area contributed by atoms with E-state index in [1.54, 1.807) is 13.0 Å². The number of benzene rings is 2. The molecule has 2 aromatic carbocycles. The molecule has 0 saturated carbocycles. The molecular weight excluding hydrogens is 348 g/mol. The van der Waals surface area contributed by atoms with E-state index in [2.05, 4.69) is 10.6 Å². The summed E-state index contributed by atoms with van der Waals surface area (Å²) in [5.74, 6) is -0.595. The Labute approximate surface area is 147 Å². The second-order valence-electron chi connectivity index (χ2n) is 4.99. The Morgan fingerprint density at radius 2 is 1.68 bits per heavy atom. The Morgan fingerprint density at radius 1 is 1.04 bits per heavy atom. The standard InChI is InChI=1S/C15H12N4O5S/c1-9-2-7-12(13(8-9)19(23)24)16-15(25)17-14(20)10-3-5-11(6-4-10)18(21)22/h2-8H,1H3,(H2,16,17,20,25). The number of thiocarbonyl (C=S) groups is 1. The highest BCUT2D eigenvalue weighted by atomic mass is 32.1. The fourth-order valence-electron chi connectivity index (χ4n) is 1.96. The number of amides is 1. The number of carbonyl (C=O) groups is 1. The zero-order valence-electron chi connectivity index (χ0n) is 12.9. The smallest absolute Gasteiger partial charge is 0.292 e. The van der Waals surface area contributed by atoms with Gasteiger partial charge in [-0.15, -0.1) is 0 Å². The van der Waals surface area contributed by atoms with Crippen LogP contribution in [-0.4, -0.2) is 20.9 Å². The van der Waals surface area contributed by atoms with E-state index in [0.717, 1.165) is 0 Å². The van der Waals surface area contributed by atoms with Crippen LogP contribution < -0.4 is 10.6 Å². The monoisotopic (exact) mass is 360 g/mol. The van der Waals surface area contributed by atoms with Gasteiger partial charge in [-0.25, -0.2) is 0 Å². The number of aryl methyl sites for hydroxylation is 1. The van der Waals surface area contributed by atoms with Gasteiger partial charge in [-0.05, 0) is 42.9 Å². The van der Waals surface area contributed by atoms with Crippen molar-refractivity contribution in [2.24, 2.45) is 0 Å². The number of rotatable bonds is 4. The van der Waals surface area contributed by atoms with E-state index >= 15 is 0 Å². The summed E-state index contributed by atoms with van der Waals surface area (Å²) in [6.45, 7) is 1.71. The van der Waals surface area contributed by atoms with Gasteiger partial charge < -0.3 is 5.32 Å². The van der Waals surface area contributed by atoms with Crippen molar-refractivity contribution in [3.63, 3.8) is 0 Å². The number of non-ortho nitro benzene ring substituents is 1. The molecule has 1 amide bonds. The molecule has 0 spiro atoms. The molecule has 0 radical (unpaired) electrons. The van der Waals surface area contributed by atoms with Crippen LogP contribution in [0.25, 0.3) is 0 Å². The highest BCUT2D eigenvalue weighted by Gasteiger charge is 2.16. The molecule has 2 aromatic rings. The van der Waals surface area contributed by atoms with E-state index in [1.807, 2.05) is 0 Å². The molecule has 128 valence electrons. The van der Waals surface area contributed by atoms with E-state index in [4.69, 9.17) is 12.2 Å². The SMILES string of the molecule is Cc1ccc(NC(=S)NC(=O)c2ccc([N+](=O)[O-])cc2)c([N+](=O)[O-])c1. The number of carbonyl (C=O) groups excluding carboxylic acids is 1. The third kappa shape index (κ3) is 4.54. The molecule has 0 atom stereocenters. The summed E-state index contributed by atoms with van der Waals surface area (Å²) < 4.78 is 0. The lowest BCUT2D eigenvalue weighted by molar-refractivity contribution is -0.384. The molecule has 0 aliphatic carbocycles. The largest absolute Gasteiger partial charge is 0.327 e. The lowest BCUT2D eigenvalue weighted by atomic mass is 10.2. The number of nitrogens with zero attached hydrogens (tertiary/aromatic N) is 2. The molecule has 0 bridgehead atoms. The van der Waals surface area contributed by atoms with Crippen LogP contribution in [0.3, 0.4) is 0 Å². The van der Waals surface area contributed by atoms with Crippen LogP contribution in [0.2, 0.25) is 0 Å². The van der Waals surface area contributed by atoms with Crippen molar-refractivity contribution in [3.05, 3.63) is 73.8 Å². The summed E-state index contributed by atoms with van der Waals surface area (Å²) in [7, 11) is 0. The molecule has 0 aliphatic heterocycles. The maximum Gasteiger partial charge on any atom is 0.292 e. The third-order valence-corrected chi connectivity index (χ3v) is 3.37. The van der Waals surface area contributed by atoms with Crippen molar-refractivity contribution in [1.82, 2.24) is 5.32 Å². The quantitative estimate of drug-likeness (QED) is 0.487. The third-order valence-electron chi connectivity index (χ3n) is 3.17. The van der Waals surface area contributed by atoms with E-state index in [1.165, 1.54) is 36.4 Å². The molecular formula is C15H12N4O5S. The highest BCUT2D eigenvalue weighted by molar-refractivity contribution is 7.80. The summed E-state index contributed by atoms with van der Waals surface area (Å²) in [4.78, 5) is 32.6. The Balaban J connectivity index is 2.08. The van der Waals surface area contributed by atoms with E-state index in [0.29, 0.717) is 5.56 Å². The number of anilines is 1. The second kappa shape index (κ2) is 7.45. The number of hydrogen-bond acceptors (Lipinski definition) is 6. The van der Waals surface area contributed by atoms with Crippen LogP contribution in [0.15, 0.2) is 42.5 Å². The zero-order chi connectivity index (χ0) is 18.6. The maximum atomic E-state index is 12.1. The van der Waals surface area contributed by atoms with Crippen LogP contribution in [-0.2, 0) is 0 Å². The molecule has 0 saturated heterocycles. The van der Waals surface area contributed by atoms with Crippen LogP contribution >= 0.6 is 12.2 Å². The lowest BCUT2D eigenvalue weighted by Crippen LogP contribution is -2.34. The first-order valence-electron chi connectivity index (χ1n) is 6.90. The predicted octanol–water partition coefficient (Wildman–Crippen LogP) is 2.94. The van der Waals surface area contributed by atoms with Gasteiger partial charge in [-0.1, -0.05) is 6.07 Å². The second-order valence-corrected chi connectivity index (χ2v) is 5.40. The van der Waals surface area contributed by atoms with Gasteiger partial charge in [0.25, 0.3) is 17.3 Å². The summed E-state index contributed by atoms with van der Waals surface area (Å²) >= 11 is 4.98. The minimum absolute atomic E-state index is 0.129. The molecule has 0 heterocycles. The van der Waals surface area contributed by atoms with Crippen molar-refractivity contribution in [1.29, 1.82) is 0 Å². The van der Waals surface area contributed by atoms with Crippen molar-refractivity contribution in [3.8, 4) is 0 Å². The number of nitrogens with one attached hydrogen (secondary N) is 2. The van der Waals surface area contributed by atoms with Gasteiger partial charge >= 0.3 is 0 Å². The van der Waals surface area contributed by atoms with Gasteiger partial charge in [0.2, 0.25) is 0 Å². The van der Waals surface area contributed by atoms with Gasteiger partial charge in [-0.2, -0.15) is 0 Å². The lowest BCUT2D eigenvalue weighted by Gasteiger charge is -2.10. The Bertz CT molecular complexity index is 867. The van der Waals surface area contributed by atoms with Crippen LogP contribution in [0, 0.1) is 27.2 Å².